The molecule has 0 aliphatic heterocycles. The Bertz CT molecular complexity index is 466. The van der Waals surface area contributed by atoms with Crippen molar-refractivity contribution in [3.05, 3.63) is 23.8 Å². The first-order valence-electron chi connectivity index (χ1n) is 6.58. The molecule has 1 fully saturated rings. The molecule has 0 bridgehead atoms. The fourth-order valence-electron chi connectivity index (χ4n) is 2.82. The van der Waals surface area contributed by atoms with Crippen LogP contribution in [0.2, 0.25) is 0 Å². The van der Waals surface area contributed by atoms with Gasteiger partial charge in [-0.3, -0.25) is 4.79 Å². The molecule has 3 nitrogen and oxygen atoms in total. The number of nitrogens with one attached hydrogen (secondary N) is 1. The fraction of sp³-hybridized carbons (Fsp3) is 0.533. The van der Waals surface area contributed by atoms with Crippen LogP contribution in [0.5, 0.6) is 0 Å². The average Bonchev–Trinajstić information content (AvgIpc) is 2.65. The summed E-state index contributed by atoms with van der Waals surface area (Å²) in [6, 6.07) is 5.63. The molecule has 0 aromatic heterocycles. The molecule has 0 heterocycles. The third-order valence-electron chi connectivity index (χ3n) is 4.21. The summed E-state index contributed by atoms with van der Waals surface area (Å²) in [7, 11) is 0. The van der Waals surface area contributed by atoms with Gasteiger partial charge in [-0.05, 0) is 42.9 Å². The van der Waals surface area contributed by atoms with Crippen molar-refractivity contribution in [3.63, 3.8) is 0 Å². The van der Waals surface area contributed by atoms with Crippen LogP contribution in [0, 0.1) is 18.3 Å². The highest BCUT2D eigenvalue weighted by Gasteiger charge is 2.39. The average molecular weight is 246 g/mol. The molecule has 2 rings (SSSR count). The van der Waals surface area contributed by atoms with Gasteiger partial charge in [0, 0.05) is 17.3 Å². The summed E-state index contributed by atoms with van der Waals surface area (Å²) in [5.74, 6) is 0.240. The minimum atomic E-state index is 0.109. The molecule has 98 valence electrons. The van der Waals surface area contributed by atoms with Crippen LogP contribution in [0.4, 0.5) is 11.4 Å². The Morgan fingerprint density at radius 1 is 1.44 bits per heavy atom. The van der Waals surface area contributed by atoms with E-state index < -0.39 is 0 Å². The molecule has 3 N–H and O–H groups in total. The van der Waals surface area contributed by atoms with Crippen LogP contribution in [-0.2, 0) is 4.79 Å². The molecule has 1 aromatic rings. The fourth-order valence-corrected chi connectivity index (χ4v) is 2.82. The number of nitrogens with two attached hydrogens (primary N) is 1. The zero-order valence-corrected chi connectivity index (χ0v) is 11.4. The van der Waals surface area contributed by atoms with Crippen LogP contribution < -0.4 is 11.1 Å². The minimum absolute atomic E-state index is 0.109. The smallest absolute Gasteiger partial charge is 0.228 e. The van der Waals surface area contributed by atoms with Gasteiger partial charge in [-0.2, -0.15) is 0 Å². The Kier molecular flexibility index (Phi) is 3.33. The second-order valence-electron chi connectivity index (χ2n) is 5.94. The summed E-state index contributed by atoms with van der Waals surface area (Å²) in [5, 5.41) is 3.03. The van der Waals surface area contributed by atoms with Gasteiger partial charge in [0.05, 0.1) is 0 Å². The molecular formula is C15H22N2O. The number of carbonyl (C=O) groups excluding carboxylic acids is 1. The van der Waals surface area contributed by atoms with Crippen molar-refractivity contribution in [3.8, 4) is 0 Å². The lowest BCUT2D eigenvalue weighted by Crippen LogP contribution is -2.31. The van der Waals surface area contributed by atoms with E-state index in [1.165, 1.54) is 0 Å². The Morgan fingerprint density at radius 2 is 2.17 bits per heavy atom. The molecule has 1 aliphatic rings. The van der Waals surface area contributed by atoms with Crippen molar-refractivity contribution in [2.24, 2.45) is 11.3 Å². The van der Waals surface area contributed by atoms with Crippen molar-refractivity contribution < 1.29 is 4.79 Å². The van der Waals surface area contributed by atoms with Gasteiger partial charge in [0.2, 0.25) is 5.91 Å². The zero-order valence-electron chi connectivity index (χ0n) is 11.4. The lowest BCUT2D eigenvalue weighted by Gasteiger charge is -2.26. The summed E-state index contributed by atoms with van der Waals surface area (Å²) >= 11 is 0. The van der Waals surface area contributed by atoms with E-state index in [1.807, 2.05) is 25.1 Å². The van der Waals surface area contributed by atoms with Crippen LogP contribution in [0.15, 0.2) is 18.2 Å². The van der Waals surface area contributed by atoms with Crippen LogP contribution in [0.25, 0.3) is 0 Å². The highest BCUT2D eigenvalue weighted by molar-refractivity contribution is 5.94. The van der Waals surface area contributed by atoms with Crippen LogP contribution in [0.1, 0.15) is 38.7 Å². The standard InChI is InChI=1S/C15H22N2O/c1-10-12(16)7-4-8-13(10)17-14(18)11-6-5-9-15(11,2)3/h4,7-8,11H,5-6,9,16H2,1-3H3,(H,17,18). The number of benzene rings is 1. The second kappa shape index (κ2) is 4.63. The quantitative estimate of drug-likeness (QED) is 0.786. The molecule has 0 saturated heterocycles. The summed E-state index contributed by atoms with van der Waals surface area (Å²) in [6.45, 7) is 6.29. The molecule has 1 saturated carbocycles. The van der Waals surface area contributed by atoms with Gasteiger partial charge in [0.1, 0.15) is 0 Å². The first-order valence-corrected chi connectivity index (χ1v) is 6.58. The number of amides is 1. The predicted octanol–water partition coefficient (Wildman–Crippen LogP) is 3.34. The topological polar surface area (TPSA) is 55.1 Å². The lowest BCUT2D eigenvalue weighted by atomic mass is 9.81. The van der Waals surface area contributed by atoms with Gasteiger partial charge >= 0.3 is 0 Å². The molecule has 1 amide bonds. The van der Waals surface area contributed by atoms with Gasteiger partial charge < -0.3 is 11.1 Å². The Hall–Kier alpha value is -1.51. The number of carbonyl (C=O) groups is 1. The summed E-state index contributed by atoms with van der Waals surface area (Å²) < 4.78 is 0. The third kappa shape index (κ3) is 2.35. The van der Waals surface area contributed by atoms with Crippen LogP contribution >= 0.6 is 0 Å². The van der Waals surface area contributed by atoms with Crippen molar-refractivity contribution >= 4 is 17.3 Å². The summed E-state index contributed by atoms with van der Waals surface area (Å²) in [4.78, 5) is 12.3. The van der Waals surface area contributed by atoms with E-state index in [2.05, 4.69) is 19.2 Å². The first-order chi connectivity index (χ1) is 8.42. The van der Waals surface area contributed by atoms with Crippen LogP contribution in [0.3, 0.4) is 0 Å². The van der Waals surface area contributed by atoms with E-state index >= 15 is 0 Å². The molecule has 1 unspecified atom stereocenters. The van der Waals surface area contributed by atoms with E-state index in [0.29, 0.717) is 0 Å². The monoisotopic (exact) mass is 246 g/mol. The molecule has 3 heteroatoms. The van der Waals surface area contributed by atoms with Crippen molar-refractivity contribution in [1.82, 2.24) is 0 Å². The maximum Gasteiger partial charge on any atom is 0.228 e. The van der Waals surface area contributed by atoms with Crippen LogP contribution in [-0.4, -0.2) is 5.91 Å². The number of rotatable bonds is 2. The molecule has 1 atom stereocenters. The van der Waals surface area contributed by atoms with Gasteiger partial charge in [-0.1, -0.05) is 26.3 Å². The van der Waals surface area contributed by atoms with Crippen molar-refractivity contribution in [2.75, 3.05) is 11.1 Å². The Balaban J connectivity index is 2.15. The van der Waals surface area contributed by atoms with Crippen molar-refractivity contribution in [1.29, 1.82) is 0 Å². The normalized spacial score (nSPS) is 21.8. The summed E-state index contributed by atoms with van der Waals surface area (Å²) in [5.41, 5.74) is 8.46. The van der Waals surface area contributed by atoms with Gasteiger partial charge in [-0.15, -0.1) is 0 Å². The lowest BCUT2D eigenvalue weighted by molar-refractivity contribution is -0.122. The van der Waals surface area contributed by atoms with E-state index in [1.54, 1.807) is 0 Å². The molecule has 1 aliphatic carbocycles. The highest BCUT2D eigenvalue weighted by atomic mass is 16.1. The third-order valence-corrected chi connectivity index (χ3v) is 4.21. The van der Waals surface area contributed by atoms with E-state index in [-0.39, 0.29) is 17.2 Å². The number of hydrogen-bond acceptors (Lipinski definition) is 2. The Labute approximate surface area is 109 Å². The summed E-state index contributed by atoms with van der Waals surface area (Å²) in [6.07, 6.45) is 3.25. The van der Waals surface area contributed by atoms with Crippen molar-refractivity contribution in [2.45, 2.75) is 40.0 Å². The number of hydrogen-bond donors (Lipinski definition) is 2. The number of anilines is 2. The van der Waals surface area contributed by atoms with E-state index in [9.17, 15) is 4.79 Å². The second-order valence-corrected chi connectivity index (χ2v) is 5.94. The SMILES string of the molecule is Cc1c(N)cccc1NC(=O)C1CCCC1(C)C. The Morgan fingerprint density at radius 3 is 2.78 bits per heavy atom. The molecular weight excluding hydrogens is 224 g/mol. The van der Waals surface area contributed by atoms with Gasteiger partial charge in [-0.25, -0.2) is 0 Å². The number of nitrogen functional groups attached to an aromatic ring is 1. The molecule has 0 spiro atoms. The molecule has 18 heavy (non-hydrogen) atoms. The maximum atomic E-state index is 12.3. The highest BCUT2D eigenvalue weighted by Crippen LogP contribution is 2.43. The first kappa shape index (κ1) is 12.9. The van der Waals surface area contributed by atoms with E-state index in [4.69, 9.17) is 5.73 Å². The zero-order chi connectivity index (χ0) is 13.3. The molecule has 0 radical (unpaired) electrons. The van der Waals surface area contributed by atoms with Gasteiger partial charge in [0.15, 0.2) is 0 Å². The van der Waals surface area contributed by atoms with Gasteiger partial charge in [0.25, 0.3) is 0 Å². The largest absolute Gasteiger partial charge is 0.398 e. The predicted molar refractivity (Wildman–Crippen MR) is 75.3 cm³/mol. The maximum absolute atomic E-state index is 12.3. The molecule has 1 aromatic carbocycles. The minimum Gasteiger partial charge on any atom is -0.398 e. The van der Waals surface area contributed by atoms with E-state index in [0.717, 1.165) is 36.2 Å².